The summed E-state index contributed by atoms with van der Waals surface area (Å²) in [4.78, 5) is 0. The molecule has 0 radical (unpaired) electrons. The SMILES string of the molecule is CCCn1c(Cl)c(C(C)O)c2c(Cl)cc(Cl)cc21. The number of aromatic nitrogens is 1. The first kappa shape index (κ1) is 14.0. The van der Waals surface area contributed by atoms with Crippen molar-refractivity contribution in [1.29, 1.82) is 0 Å². The Balaban J connectivity index is 2.88. The van der Waals surface area contributed by atoms with Gasteiger partial charge in [-0.05, 0) is 25.5 Å². The Kier molecular flexibility index (Phi) is 4.12. The van der Waals surface area contributed by atoms with Gasteiger partial charge in [0.05, 0.1) is 16.6 Å². The quantitative estimate of drug-likeness (QED) is 0.842. The van der Waals surface area contributed by atoms with Crippen LogP contribution in [0.1, 0.15) is 31.9 Å². The molecule has 0 saturated heterocycles. The van der Waals surface area contributed by atoms with Gasteiger partial charge in [0.2, 0.25) is 0 Å². The van der Waals surface area contributed by atoms with E-state index >= 15 is 0 Å². The van der Waals surface area contributed by atoms with Crippen LogP contribution < -0.4 is 0 Å². The van der Waals surface area contributed by atoms with E-state index in [1.165, 1.54) is 0 Å². The van der Waals surface area contributed by atoms with E-state index in [4.69, 9.17) is 34.8 Å². The van der Waals surface area contributed by atoms with Crippen molar-refractivity contribution >= 4 is 45.7 Å². The molecule has 2 aromatic rings. The fourth-order valence-corrected chi connectivity index (χ4v) is 3.23. The molecular weight excluding hydrogens is 293 g/mol. The van der Waals surface area contributed by atoms with Gasteiger partial charge in [0.1, 0.15) is 5.15 Å². The van der Waals surface area contributed by atoms with Gasteiger partial charge < -0.3 is 9.67 Å². The fourth-order valence-electron chi connectivity index (χ4n) is 2.22. The highest BCUT2D eigenvalue weighted by atomic mass is 35.5. The Labute approximate surface area is 121 Å². The topological polar surface area (TPSA) is 25.2 Å². The molecule has 1 heterocycles. The fraction of sp³-hybridized carbons (Fsp3) is 0.385. The number of halogens is 3. The number of aryl methyl sites for hydroxylation is 1. The summed E-state index contributed by atoms with van der Waals surface area (Å²) in [6.07, 6.45) is 0.268. The molecule has 18 heavy (non-hydrogen) atoms. The summed E-state index contributed by atoms with van der Waals surface area (Å²) in [6.45, 7) is 4.51. The molecule has 1 aromatic carbocycles. The minimum Gasteiger partial charge on any atom is -0.389 e. The third kappa shape index (κ3) is 2.23. The van der Waals surface area contributed by atoms with Gasteiger partial charge in [0.25, 0.3) is 0 Å². The summed E-state index contributed by atoms with van der Waals surface area (Å²) >= 11 is 18.6. The van der Waals surface area contributed by atoms with E-state index in [1.807, 2.05) is 10.6 Å². The summed E-state index contributed by atoms with van der Waals surface area (Å²) in [5.41, 5.74) is 1.54. The number of fused-ring (bicyclic) bond motifs is 1. The Morgan fingerprint density at radius 2 is 1.94 bits per heavy atom. The lowest BCUT2D eigenvalue weighted by molar-refractivity contribution is 0.200. The van der Waals surface area contributed by atoms with Crippen LogP contribution in [-0.2, 0) is 6.54 Å². The number of benzene rings is 1. The molecule has 0 bridgehead atoms. The number of rotatable bonds is 3. The Hall–Kier alpha value is -0.410. The van der Waals surface area contributed by atoms with Gasteiger partial charge in [-0.25, -0.2) is 0 Å². The van der Waals surface area contributed by atoms with Crippen LogP contribution in [0.4, 0.5) is 0 Å². The van der Waals surface area contributed by atoms with Crippen molar-refractivity contribution in [3.05, 3.63) is 32.9 Å². The molecule has 98 valence electrons. The highest BCUT2D eigenvalue weighted by Gasteiger charge is 2.21. The highest BCUT2D eigenvalue weighted by Crippen LogP contribution is 2.40. The number of hydrogen-bond acceptors (Lipinski definition) is 1. The van der Waals surface area contributed by atoms with Gasteiger partial charge in [-0.15, -0.1) is 0 Å². The summed E-state index contributed by atoms with van der Waals surface area (Å²) in [5.74, 6) is 0. The van der Waals surface area contributed by atoms with Crippen molar-refractivity contribution in [2.75, 3.05) is 0 Å². The van der Waals surface area contributed by atoms with Crippen molar-refractivity contribution < 1.29 is 5.11 Å². The third-order valence-corrected chi connectivity index (χ3v) is 3.84. The largest absolute Gasteiger partial charge is 0.389 e. The van der Waals surface area contributed by atoms with E-state index in [0.29, 0.717) is 20.8 Å². The zero-order valence-corrected chi connectivity index (χ0v) is 12.4. The van der Waals surface area contributed by atoms with Crippen molar-refractivity contribution in [2.45, 2.75) is 32.9 Å². The molecule has 0 saturated carbocycles. The molecule has 0 aliphatic heterocycles. The molecule has 1 N–H and O–H groups in total. The second kappa shape index (κ2) is 5.30. The minimum absolute atomic E-state index is 0.519. The van der Waals surface area contributed by atoms with Gasteiger partial charge in [0, 0.05) is 22.5 Å². The maximum absolute atomic E-state index is 9.89. The monoisotopic (exact) mass is 305 g/mol. The second-order valence-electron chi connectivity index (χ2n) is 4.31. The van der Waals surface area contributed by atoms with Crippen LogP contribution in [0.15, 0.2) is 12.1 Å². The zero-order valence-electron chi connectivity index (χ0n) is 10.2. The highest BCUT2D eigenvalue weighted by molar-refractivity contribution is 6.40. The van der Waals surface area contributed by atoms with Crippen LogP contribution in [0.25, 0.3) is 10.9 Å². The van der Waals surface area contributed by atoms with Crippen LogP contribution in [0.2, 0.25) is 15.2 Å². The van der Waals surface area contributed by atoms with Crippen molar-refractivity contribution in [3.63, 3.8) is 0 Å². The molecule has 0 spiro atoms. The molecule has 0 fully saturated rings. The first-order valence-electron chi connectivity index (χ1n) is 5.82. The normalized spacial score (nSPS) is 13.2. The molecule has 0 aliphatic rings. The maximum atomic E-state index is 9.89. The smallest absolute Gasteiger partial charge is 0.115 e. The summed E-state index contributed by atoms with van der Waals surface area (Å²) < 4.78 is 1.94. The molecule has 1 atom stereocenters. The van der Waals surface area contributed by atoms with Gasteiger partial charge in [-0.1, -0.05) is 41.7 Å². The third-order valence-electron chi connectivity index (χ3n) is 2.92. The molecule has 0 amide bonds. The van der Waals surface area contributed by atoms with Gasteiger partial charge in [-0.3, -0.25) is 0 Å². The van der Waals surface area contributed by atoms with Gasteiger partial charge >= 0.3 is 0 Å². The molecule has 2 nitrogen and oxygen atoms in total. The first-order chi connectivity index (χ1) is 8.47. The van der Waals surface area contributed by atoms with Crippen molar-refractivity contribution in [1.82, 2.24) is 4.57 Å². The lowest BCUT2D eigenvalue weighted by atomic mass is 10.1. The van der Waals surface area contributed by atoms with Crippen LogP contribution in [0, 0.1) is 0 Å². The number of hydrogen-bond donors (Lipinski definition) is 1. The zero-order chi connectivity index (χ0) is 13.4. The van der Waals surface area contributed by atoms with Gasteiger partial charge in [-0.2, -0.15) is 0 Å². The molecule has 0 aliphatic carbocycles. The first-order valence-corrected chi connectivity index (χ1v) is 6.95. The van der Waals surface area contributed by atoms with Crippen LogP contribution >= 0.6 is 34.8 Å². The lowest BCUT2D eigenvalue weighted by Gasteiger charge is -2.06. The molecule has 1 unspecified atom stereocenters. The Bertz CT molecular complexity index is 590. The van der Waals surface area contributed by atoms with Crippen molar-refractivity contribution in [2.24, 2.45) is 0 Å². The average molecular weight is 307 g/mol. The van der Waals surface area contributed by atoms with Crippen molar-refractivity contribution in [3.8, 4) is 0 Å². The van der Waals surface area contributed by atoms with E-state index in [9.17, 15) is 5.11 Å². The maximum Gasteiger partial charge on any atom is 0.115 e. The van der Waals surface area contributed by atoms with E-state index in [2.05, 4.69) is 6.92 Å². The van der Waals surface area contributed by atoms with Crippen LogP contribution in [-0.4, -0.2) is 9.67 Å². The van der Waals surface area contributed by atoms with E-state index in [1.54, 1.807) is 13.0 Å². The summed E-state index contributed by atoms with van der Waals surface area (Å²) in [7, 11) is 0. The number of nitrogens with zero attached hydrogens (tertiary/aromatic N) is 1. The van der Waals surface area contributed by atoms with E-state index in [-0.39, 0.29) is 0 Å². The summed E-state index contributed by atoms with van der Waals surface area (Å²) in [6, 6.07) is 3.50. The molecule has 5 heteroatoms. The lowest BCUT2D eigenvalue weighted by Crippen LogP contribution is -1.97. The van der Waals surface area contributed by atoms with Crippen LogP contribution in [0.3, 0.4) is 0 Å². The van der Waals surface area contributed by atoms with E-state index in [0.717, 1.165) is 23.9 Å². The molecule has 2 rings (SSSR count). The number of aliphatic hydroxyl groups excluding tert-OH is 1. The Morgan fingerprint density at radius 3 is 2.50 bits per heavy atom. The second-order valence-corrected chi connectivity index (χ2v) is 5.52. The molecule has 1 aromatic heterocycles. The van der Waals surface area contributed by atoms with E-state index < -0.39 is 6.10 Å². The average Bonchev–Trinajstić information content (AvgIpc) is 2.54. The standard InChI is InChI=1S/C13H14Cl3NO/c1-3-4-17-10-6-8(14)5-9(15)12(10)11(7(2)18)13(17)16/h5-7,18H,3-4H2,1-2H3. The predicted octanol–water partition coefficient (Wildman–Crippen LogP) is 5.06. The van der Waals surface area contributed by atoms with Gasteiger partial charge in [0.15, 0.2) is 0 Å². The minimum atomic E-state index is -0.670. The Morgan fingerprint density at radius 1 is 1.28 bits per heavy atom. The molecular formula is C13H14Cl3NO. The predicted molar refractivity (Wildman–Crippen MR) is 77.9 cm³/mol. The summed E-state index contributed by atoms with van der Waals surface area (Å²) in [5, 5.41) is 12.3. The number of aliphatic hydroxyl groups is 1. The van der Waals surface area contributed by atoms with Crippen LogP contribution in [0.5, 0.6) is 0 Å².